The van der Waals surface area contributed by atoms with Gasteiger partial charge in [0.2, 0.25) is 5.91 Å². The maximum absolute atomic E-state index is 12.5. The van der Waals surface area contributed by atoms with E-state index in [0.29, 0.717) is 32.7 Å². The van der Waals surface area contributed by atoms with Crippen molar-refractivity contribution in [2.24, 2.45) is 0 Å². The summed E-state index contributed by atoms with van der Waals surface area (Å²) in [6, 6.07) is 19.1. The number of carbonyl (C=O) groups excluding carboxylic acids is 2. The van der Waals surface area contributed by atoms with Crippen molar-refractivity contribution in [2.75, 3.05) is 17.7 Å². The fourth-order valence-electron chi connectivity index (χ4n) is 2.64. The van der Waals surface area contributed by atoms with E-state index in [4.69, 9.17) is 27.9 Å². The summed E-state index contributed by atoms with van der Waals surface area (Å²) in [6.45, 7) is 1.82. The number of amides is 2. The number of hydrogen-bond acceptors (Lipinski definition) is 4. The molecular weight excluding hydrogens is 455 g/mol. The molecule has 0 radical (unpaired) electrons. The Morgan fingerprint density at radius 1 is 0.871 bits per heavy atom. The van der Waals surface area contributed by atoms with Crippen molar-refractivity contribution in [1.29, 1.82) is 0 Å². The molecule has 1 unspecified atom stereocenters. The van der Waals surface area contributed by atoms with E-state index in [1.54, 1.807) is 61.7 Å². The van der Waals surface area contributed by atoms with Gasteiger partial charge in [0.05, 0.1) is 22.4 Å². The Bertz CT molecular complexity index is 1070. The first-order valence-electron chi connectivity index (χ1n) is 9.34. The summed E-state index contributed by atoms with van der Waals surface area (Å²) >= 11 is 13.3. The van der Waals surface area contributed by atoms with Gasteiger partial charge in [0, 0.05) is 21.8 Å². The highest BCUT2D eigenvalue weighted by atomic mass is 35.5. The standard InChI is InChI=1S/C23H20Cl2N2O3S/c1-14(22(28)27-17-7-12-20(24)21(25)13-17)31-19-10-5-16(6-11-19)26-23(29)15-3-8-18(30-2)9-4-15/h3-14H,1-2H3,(H,26,29)(H,27,28). The van der Waals surface area contributed by atoms with Gasteiger partial charge in [-0.2, -0.15) is 0 Å². The zero-order chi connectivity index (χ0) is 22.4. The van der Waals surface area contributed by atoms with Crippen molar-refractivity contribution in [2.45, 2.75) is 17.1 Å². The maximum atomic E-state index is 12.5. The van der Waals surface area contributed by atoms with Gasteiger partial charge in [0.15, 0.2) is 0 Å². The zero-order valence-corrected chi connectivity index (χ0v) is 19.1. The first-order chi connectivity index (χ1) is 14.9. The van der Waals surface area contributed by atoms with Gasteiger partial charge < -0.3 is 15.4 Å². The molecule has 31 heavy (non-hydrogen) atoms. The molecule has 0 saturated carbocycles. The van der Waals surface area contributed by atoms with E-state index in [1.165, 1.54) is 11.8 Å². The Balaban J connectivity index is 1.55. The second-order valence-electron chi connectivity index (χ2n) is 6.59. The molecule has 3 rings (SSSR count). The molecule has 0 aliphatic heterocycles. The minimum absolute atomic E-state index is 0.153. The molecule has 0 spiro atoms. The van der Waals surface area contributed by atoms with Crippen molar-refractivity contribution < 1.29 is 14.3 Å². The molecule has 0 saturated heterocycles. The van der Waals surface area contributed by atoms with E-state index in [0.717, 1.165) is 4.90 Å². The summed E-state index contributed by atoms with van der Waals surface area (Å²) in [5, 5.41) is 6.15. The number of carbonyl (C=O) groups is 2. The highest BCUT2D eigenvalue weighted by Gasteiger charge is 2.15. The van der Waals surface area contributed by atoms with Gasteiger partial charge in [-0.1, -0.05) is 23.2 Å². The molecule has 0 aliphatic rings. The predicted molar refractivity (Wildman–Crippen MR) is 128 cm³/mol. The molecule has 160 valence electrons. The molecule has 2 N–H and O–H groups in total. The van der Waals surface area contributed by atoms with Gasteiger partial charge in [-0.3, -0.25) is 9.59 Å². The van der Waals surface area contributed by atoms with Gasteiger partial charge in [-0.05, 0) is 73.7 Å². The Morgan fingerprint density at radius 3 is 2.13 bits per heavy atom. The SMILES string of the molecule is COc1ccc(C(=O)Nc2ccc(SC(C)C(=O)Nc3ccc(Cl)c(Cl)c3)cc2)cc1. The van der Waals surface area contributed by atoms with Crippen molar-refractivity contribution >= 4 is 58.2 Å². The molecule has 8 heteroatoms. The molecule has 0 aliphatic carbocycles. The lowest BCUT2D eigenvalue weighted by Gasteiger charge is -2.13. The van der Waals surface area contributed by atoms with Gasteiger partial charge in [0.25, 0.3) is 5.91 Å². The Kier molecular flexibility index (Phi) is 7.85. The van der Waals surface area contributed by atoms with Crippen LogP contribution < -0.4 is 15.4 Å². The quantitative estimate of drug-likeness (QED) is 0.390. The number of ether oxygens (including phenoxy) is 1. The van der Waals surface area contributed by atoms with Crippen LogP contribution in [0.2, 0.25) is 10.0 Å². The maximum Gasteiger partial charge on any atom is 0.255 e. The number of nitrogens with one attached hydrogen (secondary N) is 2. The van der Waals surface area contributed by atoms with Crippen LogP contribution in [0.4, 0.5) is 11.4 Å². The number of halogens is 2. The fraction of sp³-hybridized carbons (Fsp3) is 0.130. The third-order valence-corrected chi connectivity index (χ3v) is 6.18. The number of hydrogen-bond donors (Lipinski definition) is 2. The van der Waals surface area contributed by atoms with Crippen LogP contribution in [0.5, 0.6) is 5.75 Å². The monoisotopic (exact) mass is 474 g/mol. The topological polar surface area (TPSA) is 67.4 Å². The lowest BCUT2D eigenvalue weighted by molar-refractivity contribution is -0.115. The highest BCUT2D eigenvalue weighted by molar-refractivity contribution is 8.00. The largest absolute Gasteiger partial charge is 0.497 e. The van der Waals surface area contributed by atoms with E-state index in [-0.39, 0.29) is 17.1 Å². The number of benzene rings is 3. The van der Waals surface area contributed by atoms with Gasteiger partial charge in [-0.25, -0.2) is 0 Å². The van der Waals surface area contributed by atoms with E-state index >= 15 is 0 Å². The first kappa shape index (κ1) is 23.0. The van der Waals surface area contributed by atoms with Crippen LogP contribution in [0.15, 0.2) is 71.6 Å². The van der Waals surface area contributed by atoms with Gasteiger partial charge in [0.1, 0.15) is 5.75 Å². The fourth-order valence-corrected chi connectivity index (χ4v) is 3.80. The van der Waals surface area contributed by atoms with Crippen LogP contribution in [0.3, 0.4) is 0 Å². The van der Waals surface area contributed by atoms with E-state index in [1.807, 2.05) is 19.1 Å². The van der Waals surface area contributed by atoms with Crippen LogP contribution in [0.25, 0.3) is 0 Å². The number of rotatable bonds is 7. The summed E-state index contributed by atoms with van der Waals surface area (Å²) in [4.78, 5) is 25.7. The summed E-state index contributed by atoms with van der Waals surface area (Å²) in [5.41, 5.74) is 1.79. The van der Waals surface area contributed by atoms with Crippen LogP contribution >= 0.6 is 35.0 Å². The zero-order valence-electron chi connectivity index (χ0n) is 16.8. The summed E-state index contributed by atoms with van der Waals surface area (Å²) < 4.78 is 5.10. The highest BCUT2D eigenvalue weighted by Crippen LogP contribution is 2.28. The molecular formula is C23H20Cl2N2O3S. The molecule has 5 nitrogen and oxygen atoms in total. The third kappa shape index (κ3) is 6.40. The van der Waals surface area contributed by atoms with Crippen molar-refractivity contribution in [3.63, 3.8) is 0 Å². The second kappa shape index (κ2) is 10.6. The average Bonchev–Trinajstić information content (AvgIpc) is 2.77. The summed E-state index contributed by atoms with van der Waals surface area (Å²) in [5.74, 6) is 0.327. The minimum Gasteiger partial charge on any atom is -0.497 e. The Hall–Kier alpha value is -2.67. The normalized spacial score (nSPS) is 11.5. The molecule has 0 aromatic heterocycles. The van der Waals surface area contributed by atoms with Gasteiger partial charge in [-0.15, -0.1) is 11.8 Å². The van der Waals surface area contributed by atoms with Gasteiger partial charge >= 0.3 is 0 Å². The second-order valence-corrected chi connectivity index (χ2v) is 8.81. The molecule has 3 aromatic rings. The average molecular weight is 475 g/mol. The molecule has 0 bridgehead atoms. The predicted octanol–water partition coefficient (Wildman–Crippen LogP) is 6.37. The first-order valence-corrected chi connectivity index (χ1v) is 11.0. The molecule has 0 heterocycles. The van der Waals surface area contributed by atoms with E-state index < -0.39 is 0 Å². The third-order valence-electron chi connectivity index (χ3n) is 4.33. The molecule has 2 amide bonds. The van der Waals surface area contributed by atoms with E-state index in [9.17, 15) is 9.59 Å². The number of thioether (sulfide) groups is 1. The Labute approximate surface area is 195 Å². The van der Waals surface area contributed by atoms with Crippen LogP contribution in [-0.2, 0) is 4.79 Å². The summed E-state index contributed by atoms with van der Waals surface area (Å²) in [6.07, 6.45) is 0. The molecule has 3 aromatic carbocycles. The minimum atomic E-state index is -0.339. The van der Waals surface area contributed by atoms with Crippen LogP contribution in [0, 0.1) is 0 Å². The number of methoxy groups -OCH3 is 1. The Morgan fingerprint density at radius 2 is 1.52 bits per heavy atom. The van der Waals surface area contributed by atoms with Crippen LogP contribution in [0.1, 0.15) is 17.3 Å². The van der Waals surface area contributed by atoms with Crippen molar-refractivity contribution in [3.05, 3.63) is 82.3 Å². The molecule has 0 fully saturated rings. The van der Waals surface area contributed by atoms with Crippen molar-refractivity contribution in [3.8, 4) is 5.75 Å². The van der Waals surface area contributed by atoms with Crippen LogP contribution in [-0.4, -0.2) is 24.2 Å². The van der Waals surface area contributed by atoms with E-state index in [2.05, 4.69) is 10.6 Å². The summed E-state index contributed by atoms with van der Waals surface area (Å²) in [7, 11) is 1.58. The lowest BCUT2D eigenvalue weighted by Crippen LogP contribution is -2.22. The lowest BCUT2D eigenvalue weighted by atomic mass is 10.2. The number of anilines is 2. The smallest absolute Gasteiger partial charge is 0.255 e. The van der Waals surface area contributed by atoms with Crippen molar-refractivity contribution in [1.82, 2.24) is 0 Å². The molecule has 1 atom stereocenters.